The van der Waals surface area contributed by atoms with Gasteiger partial charge < -0.3 is 24.8 Å². The van der Waals surface area contributed by atoms with E-state index in [0.29, 0.717) is 17.7 Å². The van der Waals surface area contributed by atoms with Gasteiger partial charge in [-0.25, -0.2) is 0 Å². The van der Waals surface area contributed by atoms with Crippen LogP contribution < -0.4 is 5.32 Å². The van der Waals surface area contributed by atoms with Crippen LogP contribution in [-0.2, 0) is 16.1 Å². The molecule has 3 aromatic carbocycles. The molecule has 35 heavy (non-hydrogen) atoms. The van der Waals surface area contributed by atoms with Gasteiger partial charge in [-0.05, 0) is 42.4 Å². The van der Waals surface area contributed by atoms with Gasteiger partial charge in [-0.2, -0.15) is 0 Å². The summed E-state index contributed by atoms with van der Waals surface area (Å²) in [6.45, 7) is 5.34. The summed E-state index contributed by atoms with van der Waals surface area (Å²) in [4.78, 5) is 14.8. The molecule has 2 N–H and O–H groups in total. The number of carbonyl (C=O) groups excluding carboxylic acids is 1. The summed E-state index contributed by atoms with van der Waals surface area (Å²) < 4.78 is 12.8. The van der Waals surface area contributed by atoms with Crippen LogP contribution in [0.3, 0.4) is 0 Å². The van der Waals surface area contributed by atoms with Crippen molar-refractivity contribution in [2.45, 2.75) is 31.5 Å². The lowest BCUT2D eigenvalue weighted by molar-refractivity contribution is -0.252. The molecule has 0 aliphatic carbocycles. The van der Waals surface area contributed by atoms with Crippen molar-refractivity contribution in [1.29, 1.82) is 0 Å². The lowest BCUT2D eigenvalue weighted by Crippen LogP contribution is -2.37. The van der Waals surface area contributed by atoms with Crippen molar-refractivity contribution in [2.75, 3.05) is 25.5 Å². The highest BCUT2D eigenvalue weighted by atomic mass is 16.7. The molecule has 0 spiro atoms. The Bertz CT molecular complexity index is 1120. The number of aliphatic hydroxyl groups is 1. The highest BCUT2D eigenvalue weighted by molar-refractivity contribution is 6.04. The fraction of sp³-hybridized carbons (Fsp3) is 0.276. The van der Waals surface area contributed by atoms with Crippen LogP contribution in [-0.4, -0.2) is 42.2 Å². The van der Waals surface area contributed by atoms with Crippen molar-refractivity contribution in [1.82, 2.24) is 4.90 Å². The Hall–Kier alpha value is -3.29. The van der Waals surface area contributed by atoms with Crippen LogP contribution in [0.5, 0.6) is 0 Å². The Morgan fingerprint density at radius 1 is 1.06 bits per heavy atom. The second kappa shape index (κ2) is 11.9. The zero-order valence-corrected chi connectivity index (χ0v) is 20.0. The van der Waals surface area contributed by atoms with E-state index >= 15 is 0 Å². The van der Waals surface area contributed by atoms with Crippen LogP contribution in [0.4, 0.5) is 5.69 Å². The van der Waals surface area contributed by atoms with Gasteiger partial charge in [0.05, 0.1) is 18.8 Å². The molecule has 0 saturated carbocycles. The third kappa shape index (κ3) is 6.65. The molecular weight excluding hydrogens is 440 g/mol. The summed E-state index contributed by atoms with van der Waals surface area (Å²) in [6, 6.07) is 24.5. The Balaban J connectivity index is 1.54. The molecule has 1 aliphatic rings. The van der Waals surface area contributed by atoms with Gasteiger partial charge in [-0.1, -0.05) is 60.7 Å². The van der Waals surface area contributed by atoms with Gasteiger partial charge in [0, 0.05) is 36.3 Å². The molecule has 4 rings (SSSR count). The first-order valence-corrected chi connectivity index (χ1v) is 11.8. The van der Waals surface area contributed by atoms with Crippen molar-refractivity contribution in [2.24, 2.45) is 0 Å². The topological polar surface area (TPSA) is 71.0 Å². The first kappa shape index (κ1) is 24.8. The van der Waals surface area contributed by atoms with Gasteiger partial charge in [-0.15, -0.1) is 6.58 Å². The average Bonchev–Trinajstić information content (AvgIpc) is 2.89. The SMILES string of the molecule is C=CCN(C)C[C@H]1C[C@@H](c2ccc(CO)cc2)O[C@@H](c2cccc(NC(=O)c3ccccc3)c2)O1. The van der Waals surface area contributed by atoms with E-state index < -0.39 is 6.29 Å². The molecule has 6 nitrogen and oxygen atoms in total. The van der Waals surface area contributed by atoms with E-state index in [-0.39, 0.29) is 24.7 Å². The van der Waals surface area contributed by atoms with Crippen molar-refractivity contribution in [3.63, 3.8) is 0 Å². The number of aliphatic hydroxyl groups excluding tert-OH is 1. The Kier molecular flexibility index (Phi) is 8.45. The molecule has 3 aromatic rings. The zero-order valence-electron chi connectivity index (χ0n) is 20.0. The highest BCUT2D eigenvalue weighted by Crippen LogP contribution is 2.38. The number of benzene rings is 3. The number of nitrogens with zero attached hydrogens (tertiary/aromatic N) is 1. The maximum absolute atomic E-state index is 12.6. The molecule has 1 saturated heterocycles. The molecular formula is C29H32N2O4. The van der Waals surface area contributed by atoms with E-state index in [1.807, 2.05) is 79.9 Å². The molecule has 1 amide bonds. The second-order valence-electron chi connectivity index (χ2n) is 8.81. The van der Waals surface area contributed by atoms with Crippen LogP contribution in [0.25, 0.3) is 0 Å². The molecule has 0 radical (unpaired) electrons. The van der Waals surface area contributed by atoms with Gasteiger partial charge >= 0.3 is 0 Å². The summed E-state index contributed by atoms with van der Waals surface area (Å²) in [7, 11) is 2.04. The number of hydrogen-bond acceptors (Lipinski definition) is 5. The van der Waals surface area contributed by atoms with Crippen LogP contribution in [0.1, 0.15) is 45.9 Å². The second-order valence-corrected chi connectivity index (χ2v) is 8.81. The lowest BCUT2D eigenvalue weighted by Gasteiger charge is -2.37. The summed E-state index contributed by atoms with van der Waals surface area (Å²) >= 11 is 0. The fourth-order valence-electron chi connectivity index (χ4n) is 4.23. The maximum Gasteiger partial charge on any atom is 0.255 e. The smallest absolute Gasteiger partial charge is 0.255 e. The number of ether oxygens (including phenoxy) is 2. The van der Waals surface area contributed by atoms with E-state index in [1.165, 1.54) is 0 Å². The third-order valence-corrected chi connectivity index (χ3v) is 6.02. The number of rotatable bonds is 9. The van der Waals surface area contributed by atoms with E-state index in [0.717, 1.165) is 29.8 Å². The Morgan fingerprint density at radius 3 is 2.54 bits per heavy atom. The standard InChI is InChI=1S/C29H32N2O4/c1-3-16-31(2)19-26-18-27(22-14-12-21(20-32)13-15-22)35-29(34-26)24-10-7-11-25(17-24)30-28(33)23-8-5-4-6-9-23/h3-15,17,26-27,29,32H,1,16,18-20H2,2H3,(H,30,33)/t26-,27+,29+/m1/s1. The minimum Gasteiger partial charge on any atom is -0.392 e. The normalized spacial score (nSPS) is 19.9. The van der Waals surface area contributed by atoms with Crippen LogP contribution in [0.15, 0.2) is 91.5 Å². The summed E-state index contributed by atoms with van der Waals surface area (Å²) in [5.41, 5.74) is 4.02. The van der Waals surface area contributed by atoms with Crippen LogP contribution >= 0.6 is 0 Å². The number of carbonyl (C=O) groups is 1. The number of anilines is 1. The number of likely N-dealkylation sites (N-methyl/N-ethyl adjacent to an activating group) is 1. The molecule has 182 valence electrons. The summed E-state index contributed by atoms with van der Waals surface area (Å²) in [6.07, 6.45) is 1.79. The number of hydrogen-bond donors (Lipinski definition) is 2. The fourth-order valence-corrected chi connectivity index (χ4v) is 4.23. The third-order valence-electron chi connectivity index (χ3n) is 6.02. The van der Waals surface area contributed by atoms with Crippen molar-refractivity contribution in [3.05, 3.63) is 114 Å². The molecule has 0 aromatic heterocycles. The van der Waals surface area contributed by atoms with E-state index in [2.05, 4.69) is 16.8 Å². The number of amides is 1. The van der Waals surface area contributed by atoms with Crippen molar-refractivity contribution < 1.29 is 19.4 Å². The first-order chi connectivity index (χ1) is 17.1. The molecule has 3 atom stereocenters. The van der Waals surface area contributed by atoms with Crippen LogP contribution in [0, 0.1) is 0 Å². The lowest BCUT2D eigenvalue weighted by atomic mass is 9.99. The summed E-state index contributed by atoms with van der Waals surface area (Å²) in [5.74, 6) is -0.168. The average molecular weight is 473 g/mol. The molecule has 6 heteroatoms. The van der Waals surface area contributed by atoms with E-state index in [4.69, 9.17) is 9.47 Å². The van der Waals surface area contributed by atoms with E-state index in [9.17, 15) is 9.90 Å². The Labute approximate surface area is 206 Å². The zero-order chi connectivity index (χ0) is 24.6. The molecule has 1 aliphatic heterocycles. The summed E-state index contributed by atoms with van der Waals surface area (Å²) in [5, 5.41) is 12.3. The minimum absolute atomic E-state index is 0.00794. The predicted octanol–water partition coefficient (Wildman–Crippen LogP) is 5.09. The highest BCUT2D eigenvalue weighted by Gasteiger charge is 2.32. The van der Waals surface area contributed by atoms with Crippen LogP contribution in [0.2, 0.25) is 0 Å². The number of nitrogens with one attached hydrogen (secondary N) is 1. The minimum atomic E-state index is -0.582. The largest absolute Gasteiger partial charge is 0.392 e. The van der Waals surface area contributed by atoms with Gasteiger partial charge in [0.2, 0.25) is 0 Å². The molecule has 0 unspecified atom stereocenters. The van der Waals surface area contributed by atoms with Gasteiger partial charge in [0.15, 0.2) is 6.29 Å². The monoisotopic (exact) mass is 472 g/mol. The van der Waals surface area contributed by atoms with E-state index in [1.54, 1.807) is 12.1 Å². The molecule has 0 bridgehead atoms. The quantitative estimate of drug-likeness (QED) is 0.424. The predicted molar refractivity (Wildman–Crippen MR) is 137 cm³/mol. The molecule has 1 fully saturated rings. The van der Waals surface area contributed by atoms with Crippen molar-refractivity contribution >= 4 is 11.6 Å². The van der Waals surface area contributed by atoms with Gasteiger partial charge in [0.1, 0.15) is 0 Å². The first-order valence-electron chi connectivity index (χ1n) is 11.8. The van der Waals surface area contributed by atoms with Gasteiger partial charge in [-0.3, -0.25) is 4.79 Å². The maximum atomic E-state index is 12.6. The Morgan fingerprint density at radius 2 is 1.83 bits per heavy atom. The molecule has 1 heterocycles. The van der Waals surface area contributed by atoms with Gasteiger partial charge in [0.25, 0.3) is 5.91 Å². The van der Waals surface area contributed by atoms with Crippen molar-refractivity contribution in [3.8, 4) is 0 Å².